The highest BCUT2D eigenvalue weighted by atomic mass is 16.6. The highest BCUT2D eigenvalue weighted by molar-refractivity contribution is 5.60. The Morgan fingerprint density at radius 3 is 2.35 bits per heavy atom. The van der Waals surface area contributed by atoms with Gasteiger partial charge in [0.2, 0.25) is 0 Å². The van der Waals surface area contributed by atoms with Crippen LogP contribution < -0.4 is 4.74 Å². The molecule has 0 saturated carbocycles. The number of nitrogens with zero attached hydrogens (tertiary/aromatic N) is 2. The Hall–Kier alpha value is -2.43. The van der Waals surface area contributed by atoms with Crippen LogP contribution in [0, 0.1) is 10.1 Å². The van der Waals surface area contributed by atoms with Crippen LogP contribution in [0.1, 0.15) is 0 Å². The van der Waals surface area contributed by atoms with Crippen LogP contribution >= 0.6 is 0 Å². The number of benzene rings is 1. The SMILES string of the molecule is COc1ccc(-c2ccc([N+](=O)[O-])cn2)cc1. The first-order valence-electron chi connectivity index (χ1n) is 4.95. The molecule has 1 aromatic carbocycles. The Bertz CT molecular complexity index is 520. The first-order chi connectivity index (χ1) is 8.20. The van der Waals surface area contributed by atoms with Gasteiger partial charge >= 0.3 is 0 Å². The molecule has 0 aliphatic heterocycles. The van der Waals surface area contributed by atoms with Crippen molar-refractivity contribution in [1.29, 1.82) is 0 Å². The van der Waals surface area contributed by atoms with E-state index in [1.807, 2.05) is 24.3 Å². The van der Waals surface area contributed by atoms with Crippen molar-refractivity contribution in [3.63, 3.8) is 0 Å². The average molecular weight is 230 g/mol. The molecule has 0 fully saturated rings. The molecule has 0 spiro atoms. The topological polar surface area (TPSA) is 65.3 Å². The molecule has 5 heteroatoms. The van der Waals surface area contributed by atoms with Crippen molar-refractivity contribution in [2.24, 2.45) is 0 Å². The first kappa shape index (κ1) is 11.1. The number of methoxy groups -OCH3 is 1. The van der Waals surface area contributed by atoms with E-state index >= 15 is 0 Å². The summed E-state index contributed by atoms with van der Waals surface area (Å²) in [5.74, 6) is 0.760. The van der Waals surface area contributed by atoms with E-state index in [0.717, 1.165) is 11.3 Å². The molecule has 17 heavy (non-hydrogen) atoms. The molecule has 0 aliphatic rings. The van der Waals surface area contributed by atoms with E-state index < -0.39 is 4.92 Å². The van der Waals surface area contributed by atoms with Gasteiger partial charge in [-0.15, -0.1) is 0 Å². The largest absolute Gasteiger partial charge is 0.497 e. The van der Waals surface area contributed by atoms with Crippen LogP contribution in [0.5, 0.6) is 5.75 Å². The second-order valence-electron chi connectivity index (χ2n) is 3.39. The summed E-state index contributed by atoms with van der Waals surface area (Å²) >= 11 is 0. The molecule has 0 aliphatic carbocycles. The van der Waals surface area contributed by atoms with Gasteiger partial charge in [-0.1, -0.05) is 0 Å². The summed E-state index contributed by atoms with van der Waals surface area (Å²) in [6.45, 7) is 0. The van der Waals surface area contributed by atoms with Gasteiger partial charge in [-0.05, 0) is 30.3 Å². The van der Waals surface area contributed by atoms with Crippen molar-refractivity contribution in [3.05, 3.63) is 52.7 Å². The Morgan fingerprint density at radius 2 is 1.88 bits per heavy atom. The minimum Gasteiger partial charge on any atom is -0.497 e. The van der Waals surface area contributed by atoms with Crippen LogP contribution in [-0.4, -0.2) is 17.0 Å². The van der Waals surface area contributed by atoms with Crippen LogP contribution in [-0.2, 0) is 0 Å². The Morgan fingerprint density at radius 1 is 1.18 bits per heavy atom. The molecular formula is C12H10N2O3. The molecule has 86 valence electrons. The number of hydrogen-bond acceptors (Lipinski definition) is 4. The molecule has 2 rings (SSSR count). The summed E-state index contributed by atoms with van der Waals surface area (Å²) in [6.07, 6.45) is 1.25. The van der Waals surface area contributed by atoms with Gasteiger partial charge in [0.1, 0.15) is 11.9 Å². The maximum atomic E-state index is 10.5. The number of rotatable bonds is 3. The van der Waals surface area contributed by atoms with E-state index in [-0.39, 0.29) is 5.69 Å². The lowest BCUT2D eigenvalue weighted by Crippen LogP contribution is -1.90. The molecular weight excluding hydrogens is 220 g/mol. The third-order valence-electron chi connectivity index (χ3n) is 2.34. The smallest absolute Gasteiger partial charge is 0.287 e. The lowest BCUT2D eigenvalue weighted by atomic mass is 10.1. The molecule has 1 heterocycles. The third kappa shape index (κ3) is 2.39. The van der Waals surface area contributed by atoms with Gasteiger partial charge in [-0.3, -0.25) is 10.1 Å². The van der Waals surface area contributed by atoms with Gasteiger partial charge in [-0.2, -0.15) is 0 Å². The van der Waals surface area contributed by atoms with Gasteiger partial charge in [-0.25, -0.2) is 4.98 Å². The van der Waals surface area contributed by atoms with Crippen molar-refractivity contribution in [2.75, 3.05) is 7.11 Å². The number of ether oxygens (including phenoxy) is 1. The van der Waals surface area contributed by atoms with Gasteiger partial charge < -0.3 is 4.74 Å². The minimum absolute atomic E-state index is 0.0118. The molecule has 1 aromatic heterocycles. The zero-order valence-electron chi connectivity index (χ0n) is 9.16. The third-order valence-corrected chi connectivity index (χ3v) is 2.34. The summed E-state index contributed by atoms with van der Waals surface area (Å²) in [5, 5.41) is 10.5. The predicted octanol–water partition coefficient (Wildman–Crippen LogP) is 2.67. The summed E-state index contributed by atoms with van der Waals surface area (Å²) < 4.78 is 5.05. The maximum absolute atomic E-state index is 10.5. The zero-order chi connectivity index (χ0) is 12.3. The molecule has 2 aromatic rings. The van der Waals surface area contributed by atoms with E-state index in [9.17, 15) is 10.1 Å². The summed E-state index contributed by atoms with van der Waals surface area (Å²) in [6, 6.07) is 10.4. The van der Waals surface area contributed by atoms with Crippen molar-refractivity contribution in [1.82, 2.24) is 4.98 Å². The number of nitro groups is 1. The normalized spacial score (nSPS) is 9.94. The van der Waals surface area contributed by atoms with Gasteiger partial charge in [0.25, 0.3) is 5.69 Å². The minimum atomic E-state index is -0.467. The first-order valence-corrected chi connectivity index (χ1v) is 4.95. The average Bonchev–Trinajstić information content (AvgIpc) is 2.39. The molecule has 0 radical (unpaired) electrons. The van der Waals surface area contributed by atoms with Crippen LogP contribution in [0.3, 0.4) is 0 Å². The van der Waals surface area contributed by atoms with E-state index in [1.54, 1.807) is 13.2 Å². The van der Waals surface area contributed by atoms with Crippen LogP contribution in [0.4, 0.5) is 5.69 Å². The van der Waals surface area contributed by atoms with Crippen LogP contribution in [0.2, 0.25) is 0 Å². The predicted molar refractivity (Wildman–Crippen MR) is 62.9 cm³/mol. The zero-order valence-corrected chi connectivity index (χ0v) is 9.16. The van der Waals surface area contributed by atoms with Crippen LogP contribution in [0.15, 0.2) is 42.6 Å². The monoisotopic (exact) mass is 230 g/mol. The van der Waals surface area contributed by atoms with Gasteiger partial charge in [0.05, 0.1) is 17.7 Å². The Balaban J connectivity index is 2.29. The van der Waals surface area contributed by atoms with E-state index in [0.29, 0.717) is 5.69 Å². The number of pyridine rings is 1. The van der Waals surface area contributed by atoms with Crippen molar-refractivity contribution < 1.29 is 9.66 Å². The quantitative estimate of drug-likeness (QED) is 0.600. The summed E-state index contributed by atoms with van der Waals surface area (Å²) in [5.41, 5.74) is 1.57. The Labute approximate surface area is 97.8 Å². The standard InChI is InChI=1S/C12H10N2O3/c1-17-11-5-2-9(3-6-11)12-7-4-10(8-13-12)14(15)16/h2-8H,1H3. The molecule has 0 saturated heterocycles. The fraction of sp³-hybridized carbons (Fsp3) is 0.0833. The van der Waals surface area contributed by atoms with Crippen LogP contribution in [0.25, 0.3) is 11.3 Å². The molecule has 0 N–H and O–H groups in total. The van der Waals surface area contributed by atoms with Gasteiger partial charge in [0.15, 0.2) is 0 Å². The van der Waals surface area contributed by atoms with E-state index in [1.165, 1.54) is 12.3 Å². The van der Waals surface area contributed by atoms with Crippen molar-refractivity contribution in [3.8, 4) is 17.0 Å². The highest BCUT2D eigenvalue weighted by Crippen LogP contribution is 2.21. The molecule has 0 amide bonds. The number of aromatic nitrogens is 1. The molecule has 5 nitrogen and oxygen atoms in total. The fourth-order valence-corrected chi connectivity index (χ4v) is 1.43. The van der Waals surface area contributed by atoms with Crippen molar-refractivity contribution in [2.45, 2.75) is 0 Å². The molecule has 0 unspecified atom stereocenters. The highest BCUT2D eigenvalue weighted by Gasteiger charge is 2.06. The van der Waals surface area contributed by atoms with Crippen molar-refractivity contribution >= 4 is 5.69 Å². The van der Waals surface area contributed by atoms with E-state index in [4.69, 9.17) is 4.74 Å². The summed E-state index contributed by atoms with van der Waals surface area (Å²) in [4.78, 5) is 14.1. The number of hydrogen-bond donors (Lipinski definition) is 0. The van der Waals surface area contributed by atoms with E-state index in [2.05, 4.69) is 4.98 Å². The maximum Gasteiger partial charge on any atom is 0.287 e. The molecule has 0 bridgehead atoms. The summed E-state index contributed by atoms with van der Waals surface area (Å²) in [7, 11) is 1.60. The van der Waals surface area contributed by atoms with Gasteiger partial charge in [0, 0.05) is 11.6 Å². The second kappa shape index (κ2) is 4.61. The lowest BCUT2D eigenvalue weighted by Gasteiger charge is -2.02. The molecule has 0 atom stereocenters. The Kier molecular flexibility index (Phi) is 3.00. The fourth-order valence-electron chi connectivity index (χ4n) is 1.43. The lowest BCUT2D eigenvalue weighted by molar-refractivity contribution is -0.385. The second-order valence-corrected chi connectivity index (χ2v) is 3.39.